The number of carbonyl (C=O) groups is 2. The van der Waals surface area contributed by atoms with Crippen molar-refractivity contribution < 1.29 is 14.3 Å². The minimum absolute atomic E-state index is 0.00205. The lowest BCUT2D eigenvalue weighted by Gasteiger charge is -2.31. The Hall–Kier alpha value is -2.88. The average Bonchev–Trinajstić information content (AvgIpc) is 3.38. The number of methoxy groups -OCH3 is 1. The van der Waals surface area contributed by atoms with E-state index in [0.29, 0.717) is 46.6 Å². The van der Waals surface area contributed by atoms with E-state index in [9.17, 15) is 9.59 Å². The fourth-order valence-corrected chi connectivity index (χ4v) is 5.72. The first kappa shape index (κ1) is 25.2. The summed E-state index contributed by atoms with van der Waals surface area (Å²) in [6.07, 6.45) is 5.08. The molecule has 35 heavy (non-hydrogen) atoms. The second kappa shape index (κ2) is 11.7. The van der Waals surface area contributed by atoms with Crippen LogP contribution in [0.5, 0.6) is 5.75 Å². The topological polar surface area (TPSA) is 84.4 Å². The Morgan fingerprint density at radius 3 is 2.89 bits per heavy atom. The highest BCUT2D eigenvalue weighted by Crippen LogP contribution is 2.33. The lowest BCUT2D eigenvalue weighted by molar-refractivity contribution is 0.0708. The van der Waals surface area contributed by atoms with Crippen LogP contribution in [-0.4, -0.2) is 52.6 Å². The van der Waals surface area contributed by atoms with Gasteiger partial charge in [0.2, 0.25) is 0 Å². The monoisotopic (exact) mass is 528 g/mol. The molecule has 0 bridgehead atoms. The highest BCUT2D eigenvalue weighted by molar-refractivity contribution is 7.99. The van der Waals surface area contributed by atoms with Gasteiger partial charge in [0.05, 0.1) is 23.4 Å². The number of aromatic nitrogens is 2. The van der Waals surface area contributed by atoms with E-state index in [4.69, 9.17) is 16.3 Å². The highest BCUT2D eigenvalue weighted by atomic mass is 35.5. The van der Waals surface area contributed by atoms with Crippen LogP contribution in [-0.2, 0) is 0 Å². The summed E-state index contributed by atoms with van der Waals surface area (Å²) in [5.41, 5.74) is 1.47. The number of carbonyl (C=O) groups excluding carboxylic acids is 2. The minimum atomic E-state index is -0.318. The van der Waals surface area contributed by atoms with Gasteiger partial charge in [-0.2, -0.15) is 0 Å². The molecule has 3 aromatic rings. The minimum Gasteiger partial charge on any atom is -0.495 e. The van der Waals surface area contributed by atoms with Crippen LogP contribution in [0.2, 0.25) is 5.02 Å². The van der Waals surface area contributed by atoms with Gasteiger partial charge in [0.1, 0.15) is 16.5 Å². The van der Waals surface area contributed by atoms with E-state index in [1.54, 1.807) is 41.9 Å². The molecule has 7 nitrogen and oxygen atoms in total. The molecule has 1 aliphatic rings. The van der Waals surface area contributed by atoms with E-state index in [1.807, 2.05) is 11.0 Å². The molecule has 4 rings (SSSR count). The van der Waals surface area contributed by atoms with Crippen molar-refractivity contribution in [3.8, 4) is 5.75 Å². The molecular weight excluding hydrogens is 504 g/mol. The number of ether oxygens (including phenoxy) is 1. The number of hydrogen-bond acceptors (Lipinski definition) is 7. The zero-order valence-corrected chi connectivity index (χ0v) is 21.6. The van der Waals surface area contributed by atoms with Crippen molar-refractivity contribution in [1.82, 2.24) is 14.9 Å². The molecule has 0 aliphatic carbocycles. The van der Waals surface area contributed by atoms with Crippen molar-refractivity contribution in [2.75, 3.05) is 31.3 Å². The molecule has 0 saturated carbocycles. The number of thiazole rings is 1. The Kier molecular flexibility index (Phi) is 8.43. The van der Waals surface area contributed by atoms with Crippen molar-refractivity contribution >= 4 is 52.2 Å². The predicted molar refractivity (Wildman–Crippen MR) is 141 cm³/mol. The highest BCUT2D eigenvalue weighted by Gasteiger charge is 2.28. The van der Waals surface area contributed by atoms with Gasteiger partial charge in [-0.3, -0.25) is 9.59 Å². The first-order valence-corrected chi connectivity index (χ1v) is 13.3. The van der Waals surface area contributed by atoms with E-state index in [0.717, 1.165) is 22.9 Å². The quantitative estimate of drug-likeness (QED) is 0.296. The first-order valence-electron chi connectivity index (χ1n) is 11.1. The van der Waals surface area contributed by atoms with Gasteiger partial charge in [0, 0.05) is 41.4 Å². The van der Waals surface area contributed by atoms with E-state index in [2.05, 4.69) is 21.9 Å². The summed E-state index contributed by atoms with van der Waals surface area (Å²) >= 11 is 9.03. The van der Waals surface area contributed by atoms with Crippen LogP contribution in [0.4, 0.5) is 5.69 Å². The molecule has 182 valence electrons. The van der Waals surface area contributed by atoms with Crippen molar-refractivity contribution in [2.45, 2.75) is 23.8 Å². The number of piperidine rings is 1. The lowest BCUT2D eigenvalue weighted by Crippen LogP contribution is -2.38. The number of pyridine rings is 1. The summed E-state index contributed by atoms with van der Waals surface area (Å²) in [7, 11) is 1.53. The number of hydrogen-bond donors (Lipinski definition) is 1. The van der Waals surface area contributed by atoms with Gasteiger partial charge in [-0.15, -0.1) is 29.7 Å². The van der Waals surface area contributed by atoms with E-state index in [1.165, 1.54) is 30.2 Å². The Morgan fingerprint density at radius 1 is 1.34 bits per heavy atom. The molecule has 2 amide bonds. The van der Waals surface area contributed by atoms with Crippen molar-refractivity contribution in [3.63, 3.8) is 0 Å². The molecule has 1 aliphatic heterocycles. The molecule has 1 saturated heterocycles. The maximum Gasteiger partial charge on any atom is 0.275 e. The number of thioether (sulfide) groups is 1. The van der Waals surface area contributed by atoms with Crippen LogP contribution in [0.25, 0.3) is 0 Å². The summed E-state index contributed by atoms with van der Waals surface area (Å²) < 4.78 is 5.29. The number of halogens is 1. The largest absolute Gasteiger partial charge is 0.495 e. The SMILES string of the molecule is C=CCSc1ncccc1C(=O)N1CCC(c2nc(C(=O)Nc3cc(Cl)ccc3OC)cs2)CC1. The zero-order valence-electron chi connectivity index (χ0n) is 19.2. The lowest BCUT2D eigenvalue weighted by atomic mass is 9.97. The van der Waals surface area contributed by atoms with Crippen LogP contribution in [0.3, 0.4) is 0 Å². The van der Waals surface area contributed by atoms with E-state index in [-0.39, 0.29) is 17.7 Å². The van der Waals surface area contributed by atoms with Crippen LogP contribution in [0.15, 0.2) is 59.6 Å². The number of amides is 2. The summed E-state index contributed by atoms with van der Waals surface area (Å²) in [5, 5.41) is 6.72. The van der Waals surface area contributed by atoms with Crippen molar-refractivity contribution in [2.24, 2.45) is 0 Å². The zero-order chi connectivity index (χ0) is 24.8. The van der Waals surface area contributed by atoms with Gasteiger partial charge in [0.15, 0.2) is 0 Å². The summed E-state index contributed by atoms with van der Waals surface area (Å²) in [5.74, 6) is 1.10. The third-order valence-electron chi connectivity index (χ3n) is 5.64. The normalized spacial score (nSPS) is 13.9. The standard InChI is InChI=1S/C25H25ClN4O3S2/c1-3-13-34-24-18(5-4-10-27-24)25(32)30-11-8-16(9-12-30)23-29-20(15-35-23)22(31)28-19-14-17(26)6-7-21(19)33-2/h3-7,10,14-16H,1,8-9,11-13H2,2H3,(H,28,31). The molecule has 3 heterocycles. The van der Waals surface area contributed by atoms with Gasteiger partial charge in [-0.1, -0.05) is 17.7 Å². The first-order chi connectivity index (χ1) is 17.0. The number of nitrogens with zero attached hydrogens (tertiary/aromatic N) is 3. The Balaban J connectivity index is 1.37. The Bertz CT molecular complexity index is 1220. The third-order valence-corrected chi connectivity index (χ3v) is 7.88. The second-order valence-corrected chi connectivity index (χ2v) is 10.2. The fraction of sp³-hybridized carbons (Fsp3) is 0.280. The van der Waals surface area contributed by atoms with Gasteiger partial charge < -0.3 is 15.0 Å². The predicted octanol–water partition coefficient (Wildman–Crippen LogP) is 5.75. The van der Waals surface area contributed by atoms with Gasteiger partial charge in [0.25, 0.3) is 11.8 Å². The molecule has 0 radical (unpaired) electrons. The van der Waals surface area contributed by atoms with Gasteiger partial charge >= 0.3 is 0 Å². The number of rotatable bonds is 8. The van der Waals surface area contributed by atoms with Crippen LogP contribution in [0, 0.1) is 0 Å². The Morgan fingerprint density at radius 2 is 2.14 bits per heavy atom. The molecule has 10 heteroatoms. The van der Waals surface area contributed by atoms with Crippen LogP contribution in [0.1, 0.15) is 44.6 Å². The van der Waals surface area contributed by atoms with Crippen molar-refractivity contribution in [1.29, 1.82) is 0 Å². The maximum atomic E-state index is 13.1. The molecule has 1 aromatic carbocycles. The number of likely N-dealkylation sites (tertiary alicyclic amines) is 1. The average molecular weight is 529 g/mol. The molecule has 0 unspecified atom stereocenters. The number of nitrogens with one attached hydrogen (secondary N) is 1. The molecular formula is C25H25ClN4O3S2. The van der Waals surface area contributed by atoms with Gasteiger partial charge in [-0.05, 0) is 43.2 Å². The summed E-state index contributed by atoms with van der Waals surface area (Å²) in [4.78, 5) is 36.7. The smallest absolute Gasteiger partial charge is 0.275 e. The molecule has 1 N–H and O–H groups in total. The molecule has 0 spiro atoms. The van der Waals surface area contributed by atoms with E-state index < -0.39 is 0 Å². The maximum absolute atomic E-state index is 13.1. The molecule has 2 aromatic heterocycles. The molecule has 0 atom stereocenters. The summed E-state index contributed by atoms with van der Waals surface area (Å²) in [6.45, 7) is 5.00. The van der Waals surface area contributed by atoms with Crippen LogP contribution < -0.4 is 10.1 Å². The molecule has 1 fully saturated rings. The number of anilines is 1. The van der Waals surface area contributed by atoms with Crippen LogP contribution >= 0.6 is 34.7 Å². The third kappa shape index (κ3) is 6.04. The second-order valence-electron chi connectivity index (χ2n) is 7.89. The summed E-state index contributed by atoms with van der Waals surface area (Å²) in [6, 6.07) is 8.66. The van der Waals surface area contributed by atoms with Crippen molar-refractivity contribution in [3.05, 3.63) is 75.9 Å². The Labute approximate surface area is 217 Å². The number of benzene rings is 1. The van der Waals surface area contributed by atoms with E-state index >= 15 is 0 Å². The fourth-order valence-electron chi connectivity index (χ4n) is 3.85. The van der Waals surface area contributed by atoms with Gasteiger partial charge in [-0.25, -0.2) is 9.97 Å².